The summed E-state index contributed by atoms with van der Waals surface area (Å²) in [7, 11) is 5.86. The second kappa shape index (κ2) is 8.49. The molecule has 1 aliphatic heterocycles. The summed E-state index contributed by atoms with van der Waals surface area (Å²) in [5.41, 5.74) is 2.78. The van der Waals surface area contributed by atoms with Crippen molar-refractivity contribution in [2.24, 2.45) is 7.05 Å². The number of ether oxygens (including phenoxy) is 1. The molecule has 0 radical (unpaired) electrons. The van der Waals surface area contributed by atoms with Crippen molar-refractivity contribution < 1.29 is 9.53 Å². The zero-order valence-electron chi connectivity index (χ0n) is 17.4. The van der Waals surface area contributed by atoms with E-state index in [2.05, 4.69) is 33.4 Å². The van der Waals surface area contributed by atoms with Crippen molar-refractivity contribution in [3.8, 4) is 5.75 Å². The predicted octanol–water partition coefficient (Wildman–Crippen LogP) is 3.04. The summed E-state index contributed by atoms with van der Waals surface area (Å²) in [6, 6.07) is 5.38. The Hall–Kier alpha value is -2.84. The molecule has 2 aromatic heterocycles. The Kier molecular flexibility index (Phi) is 5.78. The van der Waals surface area contributed by atoms with E-state index in [4.69, 9.17) is 16.3 Å². The number of carbonyl (C=O) groups excluding carboxylic acids is 1. The average molecular weight is 429 g/mol. The Morgan fingerprint density at radius 3 is 2.83 bits per heavy atom. The van der Waals surface area contributed by atoms with E-state index in [0.29, 0.717) is 17.3 Å². The highest BCUT2D eigenvalue weighted by Gasteiger charge is 2.17. The standard InChI is InChI=1S/C21H25ClN6O2/c1-26-7-4-8-27(2)18(29)12-30-17-9-15(5-6-16(17)22)25-20-19-14(10-26)11-28(3)21(19)24-13-23-20/h5-6,9,11,13H,4,7-8,10,12H2,1-3H3,(H,23,24,25). The van der Waals surface area contributed by atoms with Crippen LogP contribution in [0.15, 0.2) is 30.7 Å². The van der Waals surface area contributed by atoms with Gasteiger partial charge >= 0.3 is 0 Å². The topological polar surface area (TPSA) is 75.5 Å². The Morgan fingerprint density at radius 1 is 1.17 bits per heavy atom. The van der Waals surface area contributed by atoms with Crippen LogP contribution in [-0.2, 0) is 18.4 Å². The van der Waals surface area contributed by atoms with Crippen LogP contribution in [0.4, 0.5) is 11.5 Å². The smallest absolute Gasteiger partial charge is 0.260 e. The van der Waals surface area contributed by atoms with Crippen molar-refractivity contribution in [2.45, 2.75) is 13.0 Å². The third-order valence-corrected chi connectivity index (χ3v) is 5.59. The monoisotopic (exact) mass is 428 g/mol. The SMILES string of the molecule is CN1CCCN(C)C(=O)COc2cc(ccc2Cl)Nc2ncnc3c2c(cn3C)C1. The zero-order valence-corrected chi connectivity index (χ0v) is 18.1. The molecule has 0 unspecified atom stereocenters. The van der Waals surface area contributed by atoms with Crippen LogP contribution in [0.3, 0.4) is 0 Å². The normalized spacial score (nSPS) is 16.4. The van der Waals surface area contributed by atoms with Crippen LogP contribution in [0, 0.1) is 0 Å². The van der Waals surface area contributed by atoms with E-state index in [1.54, 1.807) is 30.4 Å². The minimum absolute atomic E-state index is 0.0594. The molecule has 3 heterocycles. The van der Waals surface area contributed by atoms with Crippen molar-refractivity contribution in [3.63, 3.8) is 0 Å². The van der Waals surface area contributed by atoms with Gasteiger partial charge in [0.2, 0.25) is 0 Å². The Labute approximate surface area is 180 Å². The molecule has 0 fully saturated rings. The maximum Gasteiger partial charge on any atom is 0.260 e. The van der Waals surface area contributed by atoms with Gasteiger partial charge in [0, 0.05) is 45.1 Å². The van der Waals surface area contributed by atoms with E-state index < -0.39 is 0 Å². The molecule has 158 valence electrons. The molecule has 1 aromatic carbocycles. The number of aromatic nitrogens is 3. The maximum atomic E-state index is 12.4. The molecule has 0 saturated carbocycles. The molecular weight excluding hydrogens is 404 g/mol. The second-order valence-electron chi connectivity index (χ2n) is 7.65. The van der Waals surface area contributed by atoms with Crippen molar-refractivity contribution in [2.75, 3.05) is 39.1 Å². The fourth-order valence-electron chi connectivity index (χ4n) is 3.66. The third-order valence-electron chi connectivity index (χ3n) is 5.28. The average Bonchev–Trinajstić information content (AvgIpc) is 3.03. The summed E-state index contributed by atoms with van der Waals surface area (Å²) < 4.78 is 7.73. The minimum atomic E-state index is -0.0815. The van der Waals surface area contributed by atoms with Gasteiger partial charge in [-0.1, -0.05) is 11.6 Å². The number of hydrogen-bond donors (Lipinski definition) is 1. The summed E-state index contributed by atoms with van der Waals surface area (Å²) in [6.45, 7) is 2.21. The van der Waals surface area contributed by atoms with E-state index in [1.165, 1.54) is 0 Å². The third kappa shape index (κ3) is 4.20. The van der Waals surface area contributed by atoms with Crippen molar-refractivity contribution in [1.29, 1.82) is 0 Å². The van der Waals surface area contributed by atoms with E-state index in [1.807, 2.05) is 17.7 Å². The molecule has 1 amide bonds. The number of nitrogens with one attached hydrogen (secondary N) is 1. The fourth-order valence-corrected chi connectivity index (χ4v) is 3.84. The van der Waals surface area contributed by atoms with Crippen LogP contribution in [0.1, 0.15) is 12.0 Å². The van der Waals surface area contributed by atoms with E-state index >= 15 is 0 Å². The van der Waals surface area contributed by atoms with Gasteiger partial charge in [-0.05, 0) is 37.7 Å². The number of benzene rings is 1. The molecule has 1 aliphatic rings. The summed E-state index contributed by atoms with van der Waals surface area (Å²) in [4.78, 5) is 25.3. The number of rotatable bonds is 0. The van der Waals surface area contributed by atoms with Gasteiger partial charge in [-0.15, -0.1) is 0 Å². The number of nitrogens with zero attached hydrogens (tertiary/aromatic N) is 5. The number of likely N-dealkylation sites (N-methyl/N-ethyl adjacent to an activating group) is 1. The lowest BCUT2D eigenvalue weighted by Crippen LogP contribution is -2.33. The van der Waals surface area contributed by atoms with Gasteiger partial charge in [0.25, 0.3) is 5.91 Å². The van der Waals surface area contributed by atoms with E-state index in [9.17, 15) is 4.79 Å². The number of carbonyl (C=O) groups is 1. The van der Waals surface area contributed by atoms with Gasteiger partial charge in [0.05, 0.1) is 10.4 Å². The number of hydrogen-bond acceptors (Lipinski definition) is 6. The first-order chi connectivity index (χ1) is 14.4. The lowest BCUT2D eigenvalue weighted by molar-refractivity contribution is -0.132. The molecule has 0 saturated heterocycles. The number of fused-ring (bicyclic) bond motifs is 2. The number of halogens is 1. The second-order valence-corrected chi connectivity index (χ2v) is 8.06. The highest BCUT2D eigenvalue weighted by Crippen LogP contribution is 2.32. The molecule has 30 heavy (non-hydrogen) atoms. The molecule has 3 aromatic rings. The molecule has 2 bridgehead atoms. The molecule has 8 nitrogen and oxygen atoms in total. The van der Waals surface area contributed by atoms with Gasteiger partial charge in [-0.2, -0.15) is 0 Å². The first-order valence-electron chi connectivity index (χ1n) is 9.83. The molecule has 0 aliphatic carbocycles. The van der Waals surface area contributed by atoms with Crippen LogP contribution in [0.25, 0.3) is 11.0 Å². The van der Waals surface area contributed by atoms with Crippen LogP contribution < -0.4 is 10.1 Å². The molecule has 4 rings (SSSR count). The highest BCUT2D eigenvalue weighted by atomic mass is 35.5. The molecule has 0 spiro atoms. The van der Waals surface area contributed by atoms with Gasteiger partial charge in [-0.3, -0.25) is 4.79 Å². The Balaban J connectivity index is 1.77. The quantitative estimate of drug-likeness (QED) is 0.593. The first-order valence-corrected chi connectivity index (χ1v) is 10.2. The minimum Gasteiger partial charge on any atom is -0.482 e. The van der Waals surface area contributed by atoms with Gasteiger partial charge in [0.15, 0.2) is 6.61 Å². The predicted molar refractivity (Wildman–Crippen MR) is 117 cm³/mol. The zero-order chi connectivity index (χ0) is 21.3. The van der Waals surface area contributed by atoms with Crippen molar-refractivity contribution >= 4 is 40.0 Å². The lowest BCUT2D eigenvalue weighted by atomic mass is 10.2. The van der Waals surface area contributed by atoms with Crippen molar-refractivity contribution in [1.82, 2.24) is 24.3 Å². The van der Waals surface area contributed by atoms with Gasteiger partial charge < -0.3 is 24.4 Å². The molecule has 9 heteroatoms. The van der Waals surface area contributed by atoms with Crippen LogP contribution in [0.5, 0.6) is 5.75 Å². The highest BCUT2D eigenvalue weighted by molar-refractivity contribution is 6.32. The summed E-state index contributed by atoms with van der Waals surface area (Å²) in [6.07, 6.45) is 4.51. The van der Waals surface area contributed by atoms with Crippen LogP contribution in [0.2, 0.25) is 5.02 Å². The summed E-state index contributed by atoms with van der Waals surface area (Å²) in [5, 5.41) is 4.81. The fraction of sp³-hybridized carbons (Fsp3) is 0.381. The molecule has 1 N–H and O–H groups in total. The van der Waals surface area contributed by atoms with Crippen LogP contribution in [-0.4, -0.2) is 64.0 Å². The van der Waals surface area contributed by atoms with E-state index in [-0.39, 0.29) is 12.5 Å². The van der Waals surface area contributed by atoms with Gasteiger partial charge in [0.1, 0.15) is 23.5 Å². The number of anilines is 2. The Morgan fingerprint density at radius 2 is 2.00 bits per heavy atom. The Bertz CT molecular complexity index is 1080. The maximum absolute atomic E-state index is 12.4. The summed E-state index contributed by atoms with van der Waals surface area (Å²) in [5.74, 6) is 1.09. The summed E-state index contributed by atoms with van der Waals surface area (Å²) >= 11 is 6.28. The first kappa shape index (κ1) is 20.4. The molecule has 0 atom stereocenters. The molecular formula is C21H25ClN6O2. The lowest BCUT2D eigenvalue weighted by Gasteiger charge is -2.21. The van der Waals surface area contributed by atoms with Gasteiger partial charge in [-0.25, -0.2) is 9.97 Å². The van der Waals surface area contributed by atoms with Crippen LogP contribution >= 0.6 is 11.6 Å². The number of aryl methyl sites for hydroxylation is 1. The largest absolute Gasteiger partial charge is 0.482 e. The van der Waals surface area contributed by atoms with Crippen molar-refractivity contribution in [3.05, 3.63) is 41.3 Å². The number of amides is 1. The van der Waals surface area contributed by atoms with E-state index in [0.717, 1.165) is 47.6 Å².